The first-order valence-corrected chi connectivity index (χ1v) is 17.7. The van der Waals surface area contributed by atoms with Gasteiger partial charge in [0.05, 0.1) is 25.4 Å². The molecule has 4 aromatic carbocycles. The summed E-state index contributed by atoms with van der Waals surface area (Å²) in [7, 11) is 0. The van der Waals surface area contributed by atoms with Gasteiger partial charge in [-0.2, -0.15) is 0 Å². The summed E-state index contributed by atoms with van der Waals surface area (Å²) in [6, 6.07) is 40.1. The van der Waals surface area contributed by atoms with E-state index in [0.29, 0.717) is 24.7 Å². The van der Waals surface area contributed by atoms with Gasteiger partial charge in [0.1, 0.15) is 34.6 Å². The normalized spacial score (nSPS) is 25.3. The number of hydrogen-bond donors (Lipinski definition) is 0. The van der Waals surface area contributed by atoms with Crippen LogP contribution in [0.3, 0.4) is 0 Å². The molecule has 2 fully saturated rings. The number of carbonyl (C=O) groups is 2. The molecule has 8 heteroatoms. The lowest BCUT2D eigenvalue weighted by atomic mass is 9.65. The molecule has 260 valence electrons. The summed E-state index contributed by atoms with van der Waals surface area (Å²) in [4.78, 5) is 25.1. The number of fused-ring (bicyclic) bond motifs is 2. The average Bonchev–Trinajstić information content (AvgIpc) is 3.13. The van der Waals surface area contributed by atoms with Crippen molar-refractivity contribution in [3.8, 4) is 0 Å². The first kappa shape index (κ1) is 33.0. The molecular formula is C43H40O8. The highest BCUT2D eigenvalue weighted by molar-refractivity contribution is 5.85. The van der Waals surface area contributed by atoms with Crippen LogP contribution >= 0.6 is 0 Å². The van der Waals surface area contributed by atoms with Crippen molar-refractivity contribution in [3.63, 3.8) is 0 Å². The lowest BCUT2D eigenvalue weighted by Gasteiger charge is -2.61. The maximum absolute atomic E-state index is 12.6. The fraction of sp³-hybridized carbons (Fsp3) is 0.302. The maximum Gasteiger partial charge on any atom is 0.336 e. The second-order valence-corrected chi connectivity index (χ2v) is 13.5. The molecule has 4 aliphatic rings. The molecule has 0 bridgehead atoms. The van der Waals surface area contributed by atoms with Gasteiger partial charge < -0.3 is 28.4 Å². The Labute approximate surface area is 297 Å². The Morgan fingerprint density at radius 2 is 1.02 bits per heavy atom. The molecule has 51 heavy (non-hydrogen) atoms. The van der Waals surface area contributed by atoms with Crippen molar-refractivity contribution in [2.24, 2.45) is 11.8 Å². The first-order valence-electron chi connectivity index (χ1n) is 17.7. The molecule has 2 unspecified atom stereocenters. The fourth-order valence-electron chi connectivity index (χ4n) is 8.16. The highest BCUT2D eigenvalue weighted by atomic mass is 16.8. The molecule has 0 aliphatic carbocycles. The molecule has 4 heterocycles. The Morgan fingerprint density at radius 3 is 1.53 bits per heavy atom. The predicted octanol–water partition coefficient (Wildman–Crippen LogP) is 7.68. The first-order chi connectivity index (χ1) is 24.9. The van der Waals surface area contributed by atoms with Gasteiger partial charge in [0.2, 0.25) is 12.1 Å². The summed E-state index contributed by atoms with van der Waals surface area (Å²) in [5.74, 6) is -1.58. The van der Waals surface area contributed by atoms with E-state index in [1.165, 1.54) is 12.2 Å². The zero-order valence-corrected chi connectivity index (χ0v) is 28.4. The van der Waals surface area contributed by atoms with Crippen molar-refractivity contribution in [1.82, 2.24) is 0 Å². The van der Waals surface area contributed by atoms with Crippen LogP contribution in [-0.2, 0) is 49.2 Å². The van der Waals surface area contributed by atoms with Gasteiger partial charge in [0.15, 0.2) is 0 Å². The molecule has 0 amide bonds. The van der Waals surface area contributed by atoms with E-state index < -0.39 is 35.2 Å². The van der Waals surface area contributed by atoms with Crippen LogP contribution in [0.5, 0.6) is 0 Å². The van der Waals surface area contributed by atoms with Crippen LogP contribution in [0.15, 0.2) is 145 Å². The number of hydrogen-bond acceptors (Lipinski definition) is 8. The molecule has 4 atom stereocenters. The van der Waals surface area contributed by atoms with Crippen LogP contribution in [0.2, 0.25) is 0 Å². The number of esters is 2. The van der Waals surface area contributed by atoms with Gasteiger partial charge in [-0.1, -0.05) is 121 Å². The quantitative estimate of drug-likeness (QED) is 0.105. The zero-order chi connectivity index (χ0) is 34.9. The van der Waals surface area contributed by atoms with Crippen molar-refractivity contribution in [2.75, 3.05) is 13.2 Å². The van der Waals surface area contributed by atoms with E-state index in [1.54, 1.807) is 6.92 Å². The van der Waals surface area contributed by atoms with Crippen LogP contribution in [0.1, 0.15) is 54.9 Å². The Kier molecular flexibility index (Phi) is 8.74. The SMILES string of the molecule is C[C@]12OC(=O)C=C(OCCCCCCOC3=CC(=O)OC4OC(c5ccccc5)(c5ccccc5)C34)[C@H]1C(c1ccccc1)(c1ccccc1)O2. The Balaban J connectivity index is 0.888. The standard InChI is InChI=1S/C43H40O8/c1-41-39(43(51-41,32-22-12-6-13-23-32)33-24-14-7-15-25-33)35(29-37(45)49-41)47-27-17-3-2-16-26-46-34-28-36(44)48-40-38(34)42(50-40,30-18-8-4-9-19-30)31-20-10-5-11-21-31/h4-15,18-25,28-29,38-40H,2-3,16-17,26-27H2,1H3/t38?,39-,40?,41-/m1/s1. The molecule has 4 aliphatic heterocycles. The Hall–Kier alpha value is -5.18. The third kappa shape index (κ3) is 5.72. The summed E-state index contributed by atoms with van der Waals surface area (Å²) in [6.45, 7) is 2.70. The van der Waals surface area contributed by atoms with E-state index in [0.717, 1.165) is 47.9 Å². The second kappa shape index (κ2) is 13.5. The van der Waals surface area contributed by atoms with Crippen LogP contribution in [-0.4, -0.2) is 37.2 Å². The molecule has 0 spiro atoms. The highest BCUT2D eigenvalue weighted by Crippen LogP contribution is 2.62. The lowest BCUT2D eigenvalue weighted by Crippen LogP contribution is -2.69. The smallest absolute Gasteiger partial charge is 0.336 e. The van der Waals surface area contributed by atoms with E-state index in [-0.39, 0.29) is 11.8 Å². The van der Waals surface area contributed by atoms with Crippen molar-refractivity contribution in [3.05, 3.63) is 167 Å². The van der Waals surface area contributed by atoms with E-state index >= 15 is 0 Å². The van der Waals surface area contributed by atoms with Crippen molar-refractivity contribution in [1.29, 1.82) is 0 Å². The lowest BCUT2D eigenvalue weighted by molar-refractivity contribution is -0.396. The number of rotatable bonds is 13. The van der Waals surface area contributed by atoms with Gasteiger partial charge in [-0.25, -0.2) is 9.59 Å². The van der Waals surface area contributed by atoms with Crippen LogP contribution in [0.4, 0.5) is 0 Å². The number of carbonyl (C=O) groups excluding carboxylic acids is 2. The van der Waals surface area contributed by atoms with Crippen LogP contribution in [0.25, 0.3) is 0 Å². The zero-order valence-electron chi connectivity index (χ0n) is 28.4. The minimum Gasteiger partial charge on any atom is -0.497 e. The van der Waals surface area contributed by atoms with Crippen molar-refractivity contribution < 1.29 is 38.0 Å². The van der Waals surface area contributed by atoms with Gasteiger partial charge in [0.25, 0.3) is 0 Å². The average molecular weight is 685 g/mol. The largest absolute Gasteiger partial charge is 0.497 e. The summed E-state index contributed by atoms with van der Waals surface area (Å²) >= 11 is 0. The second-order valence-electron chi connectivity index (χ2n) is 13.5. The van der Waals surface area contributed by atoms with E-state index in [9.17, 15) is 9.59 Å². The topological polar surface area (TPSA) is 89.5 Å². The Morgan fingerprint density at radius 1 is 0.569 bits per heavy atom. The third-order valence-corrected chi connectivity index (χ3v) is 10.3. The van der Waals surface area contributed by atoms with Gasteiger partial charge in [-0.3, -0.25) is 0 Å². The van der Waals surface area contributed by atoms with E-state index in [1.807, 2.05) is 121 Å². The predicted molar refractivity (Wildman–Crippen MR) is 187 cm³/mol. The maximum atomic E-state index is 12.6. The molecule has 0 saturated carbocycles. The minimum atomic E-state index is -1.15. The summed E-state index contributed by atoms with van der Waals surface area (Å²) in [6.07, 6.45) is 5.60. The number of unbranched alkanes of at least 4 members (excludes halogenated alkanes) is 3. The molecule has 0 N–H and O–H groups in total. The van der Waals surface area contributed by atoms with Crippen molar-refractivity contribution >= 4 is 11.9 Å². The van der Waals surface area contributed by atoms with Gasteiger partial charge in [0, 0.05) is 6.92 Å². The monoisotopic (exact) mass is 684 g/mol. The number of benzene rings is 4. The molecule has 8 rings (SSSR count). The molecular weight excluding hydrogens is 644 g/mol. The van der Waals surface area contributed by atoms with E-state index in [4.69, 9.17) is 28.4 Å². The molecule has 0 radical (unpaired) electrons. The van der Waals surface area contributed by atoms with Gasteiger partial charge in [-0.05, 0) is 47.9 Å². The van der Waals surface area contributed by atoms with Gasteiger partial charge >= 0.3 is 11.9 Å². The van der Waals surface area contributed by atoms with Crippen molar-refractivity contribution in [2.45, 2.75) is 55.9 Å². The summed E-state index contributed by atoms with van der Waals surface area (Å²) in [5, 5.41) is 0. The highest BCUT2D eigenvalue weighted by Gasteiger charge is 2.70. The number of ether oxygens (including phenoxy) is 6. The molecule has 0 aromatic heterocycles. The van der Waals surface area contributed by atoms with Crippen LogP contribution in [0, 0.1) is 11.8 Å². The fourth-order valence-corrected chi connectivity index (χ4v) is 8.16. The molecule has 4 aromatic rings. The Bertz CT molecular complexity index is 1850. The molecule has 8 nitrogen and oxygen atoms in total. The summed E-state index contributed by atoms with van der Waals surface area (Å²) < 4.78 is 37.0. The minimum absolute atomic E-state index is 0.302. The molecule has 2 saturated heterocycles. The summed E-state index contributed by atoms with van der Waals surface area (Å²) in [5.41, 5.74) is 2.21. The van der Waals surface area contributed by atoms with E-state index in [2.05, 4.69) is 0 Å². The van der Waals surface area contributed by atoms with Gasteiger partial charge in [-0.15, -0.1) is 0 Å². The third-order valence-electron chi connectivity index (χ3n) is 10.3. The van der Waals surface area contributed by atoms with Crippen LogP contribution < -0.4 is 0 Å².